The zero-order valence-corrected chi connectivity index (χ0v) is 9.62. The molecule has 10 nitrogen and oxygen atoms in total. The van der Waals surface area contributed by atoms with Gasteiger partial charge in [0.15, 0.2) is 0 Å². The van der Waals surface area contributed by atoms with E-state index in [0.29, 0.717) is 26.2 Å². The molecule has 0 aliphatic rings. The Morgan fingerprint density at radius 1 is 1.12 bits per heavy atom. The first kappa shape index (κ1) is 24.8. The van der Waals surface area contributed by atoms with Crippen LogP contribution >= 0.6 is 0 Å². The van der Waals surface area contributed by atoms with E-state index in [-0.39, 0.29) is 16.8 Å². The monoisotopic (exact) mass is 295 g/mol. The van der Waals surface area contributed by atoms with E-state index in [2.05, 4.69) is 5.32 Å². The SMILES string of the molecule is O=C(O)C(=O)O.O=N[O-].[Co+3].[NH-]CC[N-]CC[NH-]. The Bertz CT molecular complexity index is 177. The van der Waals surface area contributed by atoms with E-state index in [4.69, 9.17) is 41.4 Å². The molecule has 0 radical (unpaired) electrons. The van der Waals surface area contributed by atoms with E-state index < -0.39 is 11.9 Å². The molecule has 0 aliphatic heterocycles. The molecular weight excluding hydrogens is 283 g/mol. The number of rotatable bonds is 4. The fraction of sp³-hybridized carbons (Fsp3) is 0.667. The molecule has 0 aromatic carbocycles. The standard InChI is InChI=1S/C4H10N3.C2H2O4.Co.HNO2/c5-1-3-7-4-2-6;3-1(4)2(5)6;;2-1-3/h5-6H,1-4H2;(H,3,4)(H,5,6);;(H,2,3)/q-3;;+3;/p-1. The molecule has 0 spiro atoms. The van der Waals surface area contributed by atoms with Gasteiger partial charge in [-0.3, -0.25) is 0 Å². The van der Waals surface area contributed by atoms with Crippen molar-refractivity contribution in [3.8, 4) is 0 Å². The van der Waals surface area contributed by atoms with Crippen molar-refractivity contribution in [2.45, 2.75) is 0 Å². The first-order valence-electron chi connectivity index (χ1n) is 3.81. The quantitative estimate of drug-likeness (QED) is 0.334. The topological polar surface area (TPSA) is 189 Å². The predicted octanol–water partition coefficient (Wildman–Crippen LogP) is 0.868. The summed E-state index contributed by atoms with van der Waals surface area (Å²) in [4.78, 5) is 26.2. The van der Waals surface area contributed by atoms with Crippen LogP contribution in [-0.2, 0) is 26.4 Å². The summed E-state index contributed by atoms with van der Waals surface area (Å²) in [5.41, 5.74) is 13.3. The van der Waals surface area contributed by atoms with Gasteiger partial charge < -0.3 is 37.1 Å². The average molecular weight is 295 g/mol. The third-order valence-corrected chi connectivity index (χ3v) is 0.723. The zero-order chi connectivity index (χ0) is 13.4. The molecule has 0 atom stereocenters. The third-order valence-electron chi connectivity index (χ3n) is 0.723. The van der Waals surface area contributed by atoms with Crippen LogP contribution in [0.5, 0.6) is 0 Å². The predicted molar refractivity (Wildman–Crippen MR) is 55.9 cm³/mol. The van der Waals surface area contributed by atoms with E-state index in [1.807, 2.05) is 0 Å². The maximum absolute atomic E-state index is 9.10. The molecule has 0 aromatic rings. The van der Waals surface area contributed by atoms with Crippen LogP contribution in [-0.4, -0.2) is 48.3 Å². The number of nitrogens with one attached hydrogen (secondary N) is 2. The molecule has 17 heavy (non-hydrogen) atoms. The van der Waals surface area contributed by atoms with E-state index >= 15 is 0 Å². The van der Waals surface area contributed by atoms with Crippen molar-refractivity contribution in [3.05, 3.63) is 26.9 Å². The number of hydrogen-bond acceptors (Lipinski definition) is 5. The van der Waals surface area contributed by atoms with Gasteiger partial charge in [0.25, 0.3) is 0 Å². The number of aliphatic carboxylic acids is 2. The Morgan fingerprint density at radius 2 is 1.35 bits per heavy atom. The molecule has 0 rings (SSSR count). The molecule has 0 saturated heterocycles. The van der Waals surface area contributed by atoms with Gasteiger partial charge in [-0.1, -0.05) is 0 Å². The van der Waals surface area contributed by atoms with Crippen molar-refractivity contribution in [3.63, 3.8) is 0 Å². The molecule has 0 aromatic heterocycles. The van der Waals surface area contributed by atoms with E-state index in [0.717, 1.165) is 5.34 Å². The zero-order valence-electron chi connectivity index (χ0n) is 8.58. The summed E-state index contributed by atoms with van der Waals surface area (Å²) in [6.07, 6.45) is 0. The summed E-state index contributed by atoms with van der Waals surface area (Å²) in [6, 6.07) is 0. The smallest absolute Gasteiger partial charge is 0.679 e. The largest absolute Gasteiger partial charge is 3.00 e. The molecule has 0 unspecified atom stereocenters. The molecule has 0 heterocycles. The Labute approximate surface area is 107 Å². The van der Waals surface area contributed by atoms with Gasteiger partial charge in [0.05, 0.1) is 0 Å². The molecule has 102 valence electrons. The second-order valence-corrected chi connectivity index (χ2v) is 1.86. The average Bonchev–Trinajstić information content (AvgIpc) is 2.20. The van der Waals surface area contributed by atoms with Crippen LogP contribution in [0.4, 0.5) is 0 Å². The Kier molecular flexibility index (Phi) is 35.2. The van der Waals surface area contributed by atoms with Crippen molar-refractivity contribution >= 4 is 11.9 Å². The van der Waals surface area contributed by atoms with Crippen LogP contribution in [0, 0.1) is 10.1 Å². The molecular formula is C6H12CoN4O6-. The van der Waals surface area contributed by atoms with Crippen molar-refractivity contribution < 1.29 is 36.6 Å². The minimum atomic E-state index is -1.82. The fourth-order valence-electron chi connectivity index (χ4n) is 0.270. The number of nitrogens with zero attached hydrogens (tertiary/aromatic N) is 2. The normalized spacial score (nSPS) is 7.18. The second-order valence-electron chi connectivity index (χ2n) is 1.86. The summed E-state index contributed by atoms with van der Waals surface area (Å²) >= 11 is 0. The van der Waals surface area contributed by atoms with Crippen LogP contribution in [0.3, 0.4) is 0 Å². The summed E-state index contributed by atoms with van der Waals surface area (Å²) in [7, 11) is 0. The van der Waals surface area contributed by atoms with Gasteiger partial charge in [-0.2, -0.15) is 26.2 Å². The van der Waals surface area contributed by atoms with Crippen LogP contribution in [0.2, 0.25) is 0 Å². The number of carbonyl (C=O) groups is 2. The number of carboxylic acid groups (broad SMARTS) is 2. The van der Waals surface area contributed by atoms with Gasteiger partial charge in [0, 0.05) is 0 Å². The maximum Gasteiger partial charge on any atom is 3.00 e. The van der Waals surface area contributed by atoms with Gasteiger partial charge in [0.1, 0.15) is 0 Å². The molecule has 0 amide bonds. The van der Waals surface area contributed by atoms with Gasteiger partial charge in [-0.15, -0.1) is 5.34 Å². The summed E-state index contributed by atoms with van der Waals surface area (Å²) in [5.74, 6) is -3.65. The fourth-order valence-corrected chi connectivity index (χ4v) is 0.270. The van der Waals surface area contributed by atoms with Crippen LogP contribution < -0.4 is 0 Å². The van der Waals surface area contributed by atoms with E-state index in [1.165, 1.54) is 0 Å². The van der Waals surface area contributed by atoms with Gasteiger partial charge in [0.2, 0.25) is 0 Å². The third kappa shape index (κ3) is 52.7. The minimum Gasteiger partial charge on any atom is -0.679 e. The van der Waals surface area contributed by atoms with Gasteiger partial charge in [-0.05, 0) is 0 Å². The minimum absolute atomic E-state index is 0. The molecule has 0 aliphatic carbocycles. The molecule has 4 N–H and O–H groups in total. The van der Waals surface area contributed by atoms with Crippen LogP contribution in [0.1, 0.15) is 0 Å². The maximum atomic E-state index is 9.10. The first-order valence-corrected chi connectivity index (χ1v) is 3.81. The van der Waals surface area contributed by atoms with Crippen LogP contribution in [0.15, 0.2) is 5.34 Å². The summed E-state index contributed by atoms with van der Waals surface area (Å²) in [6.45, 7) is 1.91. The van der Waals surface area contributed by atoms with Gasteiger partial charge in [-0.25, -0.2) is 9.59 Å². The Hall–Kier alpha value is -1.27. The first-order chi connectivity index (χ1) is 7.47. The Morgan fingerprint density at radius 3 is 1.47 bits per heavy atom. The number of hydrogen-bond donors (Lipinski definition) is 2. The van der Waals surface area contributed by atoms with Crippen molar-refractivity contribution in [1.82, 2.24) is 0 Å². The summed E-state index contributed by atoms with van der Waals surface area (Å²) < 4.78 is 0. The molecule has 0 saturated carbocycles. The number of carboxylic acids is 2. The van der Waals surface area contributed by atoms with Crippen LogP contribution in [0.25, 0.3) is 16.8 Å². The molecule has 11 heteroatoms. The van der Waals surface area contributed by atoms with Crippen molar-refractivity contribution in [1.29, 1.82) is 0 Å². The molecule has 0 bridgehead atoms. The second kappa shape index (κ2) is 24.1. The van der Waals surface area contributed by atoms with Crippen molar-refractivity contribution in [2.75, 3.05) is 26.2 Å². The molecule has 0 fully saturated rings. The Balaban J connectivity index is -0.0000000778. The van der Waals surface area contributed by atoms with Crippen molar-refractivity contribution in [2.24, 2.45) is 5.34 Å². The van der Waals surface area contributed by atoms with E-state index in [9.17, 15) is 0 Å². The van der Waals surface area contributed by atoms with E-state index in [1.54, 1.807) is 0 Å². The summed E-state index contributed by atoms with van der Waals surface area (Å²) in [5, 5.41) is 27.6. The van der Waals surface area contributed by atoms with Gasteiger partial charge >= 0.3 is 28.7 Å².